The summed E-state index contributed by atoms with van der Waals surface area (Å²) in [5.41, 5.74) is 1.33. The van der Waals surface area contributed by atoms with Crippen molar-refractivity contribution in [3.05, 3.63) is 39.1 Å². The molecule has 2 aromatic heterocycles. The Hall–Kier alpha value is -1.40. The normalized spacial score (nSPS) is 10.2. The number of carbonyl (C=O) groups excluding carboxylic acids is 1. The van der Waals surface area contributed by atoms with Crippen molar-refractivity contribution in [2.75, 3.05) is 24.3 Å². The summed E-state index contributed by atoms with van der Waals surface area (Å²) in [5.74, 6) is 0.725. The number of nitrogens with one attached hydrogen (secondary N) is 1. The zero-order chi connectivity index (χ0) is 13.1. The van der Waals surface area contributed by atoms with Gasteiger partial charge in [0.25, 0.3) is 5.91 Å². The molecule has 0 spiro atoms. The number of carbonyl (C=O) groups is 1. The first kappa shape index (κ1) is 13.0. The summed E-state index contributed by atoms with van der Waals surface area (Å²) < 4.78 is 0.939. The molecule has 4 nitrogen and oxygen atoms in total. The molecule has 0 saturated heterocycles. The first-order chi connectivity index (χ1) is 8.56. The molecule has 2 aromatic rings. The number of anilines is 2. The van der Waals surface area contributed by atoms with Crippen LogP contribution < -0.4 is 10.2 Å². The molecule has 0 aliphatic carbocycles. The molecule has 6 heteroatoms. The molecule has 18 heavy (non-hydrogen) atoms. The van der Waals surface area contributed by atoms with Crippen LogP contribution in [0, 0.1) is 0 Å². The van der Waals surface area contributed by atoms with Crippen molar-refractivity contribution in [3.8, 4) is 0 Å². The maximum Gasteiger partial charge on any atom is 0.256 e. The number of aromatic nitrogens is 1. The predicted molar refractivity (Wildman–Crippen MR) is 78.5 cm³/mol. The Kier molecular flexibility index (Phi) is 3.98. The van der Waals surface area contributed by atoms with Gasteiger partial charge in [-0.25, -0.2) is 4.98 Å². The number of hydrogen-bond donors (Lipinski definition) is 1. The highest BCUT2D eigenvalue weighted by atomic mass is 79.9. The minimum Gasteiger partial charge on any atom is -0.363 e. The maximum absolute atomic E-state index is 11.9. The van der Waals surface area contributed by atoms with Crippen LogP contribution in [0.2, 0.25) is 0 Å². The van der Waals surface area contributed by atoms with Gasteiger partial charge in [0.05, 0.1) is 21.2 Å². The first-order valence-corrected chi connectivity index (χ1v) is 6.92. The lowest BCUT2D eigenvalue weighted by Gasteiger charge is -2.11. The molecule has 0 aliphatic heterocycles. The molecule has 94 valence electrons. The largest absolute Gasteiger partial charge is 0.363 e. The molecule has 0 aromatic carbocycles. The molecule has 2 rings (SSSR count). The first-order valence-electron chi connectivity index (χ1n) is 5.25. The van der Waals surface area contributed by atoms with E-state index in [0.29, 0.717) is 11.3 Å². The minimum absolute atomic E-state index is 0.128. The van der Waals surface area contributed by atoms with E-state index in [0.717, 1.165) is 9.60 Å². The van der Waals surface area contributed by atoms with Crippen LogP contribution in [0.25, 0.3) is 0 Å². The minimum atomic E-state index is -0.128. The summed E-state index contributed by atoms with van der Waals surface area (Å²) in [6, 6.07) is 5.49. The van der Waals surface area contributed by atoms with Crippen molar-refractivity contribution in [3.63, 3.8) is 0 Å². The molecule has 0 atom stereocenters. The molecular formula is C12H12BrN3OS. The Balaban J connectivity index is 2.07. The number of thiophene rings is 1. The Morgan fingerprint density at radius 3 is 2.72 bits per heavy atom. The summed E-state index contributed by atoms with van der Waals surface area (Å²) in [6.45, 7) is 0. The van der Waals surface area contributed by atoms with Crippen LogP contribution >= 0.6 is 27.3 Å². The van der Waals surface area contributed by atoms with E-state index in [1.54, 1.807) is 17.6 Å². The monoisotopic (exact) mass is 325 g/mol. The standard InChI is InChI=1S/C12H12BrN3OS/c1-16(2)11-4-3-9(6-14-11)15-12(17)8-5-10(13)18-7-8/h3-7H,1-2H3,(H,15,17). The van der Waals surface area contributed by atoms with Crippen molar-refractivity contribution in [1.29, 1.82) is 0 Å². The number of amides is 1. The van der Waals surface area contributed by atoms with Gasteiger partial charge in [-0.3, -0.25) is 4.79 Å². The van der Waals surface area contributed by atoms with Gasteiger partial charge in [0.1, 0.15) is 5.82 Å². The zero-order valence-electron chi connectivity index (χ0n) is 9.98. The highest BCUT2D eigenvalue weighted by Crippen LogP contribution is 2.21. The number of halogens is 1. The molecular weight excluding hydrogens is 314 g/mol. The summed E-state index contributed by atoms with van der Waals surface area (Å²) in [4.78, 5) is 18.0. The fourth-order valence-electron chi connectivity index (χ4n) is 1.36. The molecule has 0 unspecified atom stereocenters. The van der Waals surface area contributed by atoms with Crippen molar-refractivity contribution in [2.24, 2.45) is 0 Å². The second kappa shape index (κ2) is 5.49. The third kappa shape index (κ3) is 3.08. The molecule has 1 N–H and O–H groups in total. The number of nitrogens with zero attached hydrogens (tertiary/aromatic N) is 2. The Morgan fingerprint density at radius 1 is 1.44 bits per heavy atom. The van der Waals surface area contributed by atoms with Crippen LogP contribution in [-0.4, -0.2) is 25.0 Å². The SMILES string of the molecule is CN(C)c1ccc(NC(=O)c2csc(Br)c2)cn1. The molecule has 0 aliphatic rings. The lowest BCUT2D eigenvalue weighted by atomic mass is 10.3. The van der Waals surface area contributed by atoms with Crippen molar-refractivity contribution in [1.82, 2.24) is 4.98 Å². The predicted octanol–water partition coefficient (Wildman–Crippen LogP) is 3.22. The van der Waals surface area contributed by atoms with Crippen molar-refractivity contribution in [2.45, 2.75) is 0 Å². The van der Waals surface area contributed by atoms with Gasteiger partial charge < -0.3 is 10.2 Å². The molecule has 0 saturated carbocycles. The molecule has 2 heterocycles. The maximum atomic E-state index is 11.9. The van der Waals surface area contributed by atoms with Crippen LogP contribution in [0.3, 0.4) is 0 Å². The van der Waals surface area contributed by atoms with E-state index in [4.69, 9.17) is 0 Å². The fourth-order valence-corrected chi connectivity index (χ4v) is 2.49. The van der Waals surface area contributed by atoms with E-state index in [1.807, 2.05) is 31.1 Å². The van der Waals surface area contributed by atoms with Crippen LogP contribution in [0.1, 0.15) is 10.4 Å². The van der Waals surface area contributed by atoms with Crippen LogP contribution in [0.4, 0.5) is 11.5 Å². The van der Waals surface area contributed by atoms with Gasteiger partial charge >= 0.3 is 0 Å². The summed E-state index contributed by atoms with van der Waals surface area (Å²) in [5, 5.41) is 4.61. The van der Waals surface area contributed by atoms with Gasteiger partial charge in [-0.15, -0.1) is 11.3 Å². The van der Waals surface area contributed by atoms with Gasteiger partial charge in [0.15, 0.2) is 0 Å². The number of hydrogen-bond acceptors (Lipinski definition) is 4. The van der Waals surface area contributed by atoms with Gasteiger partial charge in [0.2, 0.25) is 0 Å². The topological polar surface area (TPSA) is 45.2 Å². The fraction of sp³-hybridized carbons (Fsp3) is 0.167. The molecule has 0 radical (unpaired) electrons. The summed E-state index contributed by atoms with van der Waals surface area (Å²) in [7, 11) is 3.84. The average molecular weight is 326 g/mol. The van der Waals surface area contributed by atoms with Gasteiger partial charge in [-0.1, -0.05) is 0 Å². The van der Waals surface area contributed by atoms with E-state index in [9.17, 15) is 4.79 Å². The van der Waals surface area contributed by atoms with Crippen molar-refractivity contribution < 1.29 is 4.79 Å². The molecule has 0 fully saturated rings. The van der Waals surface area contributed by atoms with Crippen LogP contribution in [-0.2, 0) is 0 Å². The van der Waals surface area contributed by atoms with Crippen LogP contribution in [0.15, 0.2) is 33.6 Å². The van der Waals surface area contributed by atoms with E-state index in [2.05, 4.69) is 26.2 Å². The number of rotatable bonds is 3. The lowest BCUT2D eigenvalue weighted by molar-refractivity contribution is 0.102. The third-order valence-corrected chi connectivity index (χ3v) is 3.80. The Bertz CT molecular complexity index is 551. The van der Waals surface area contributed by atoms with E-state index >= 15 is 0 Å². The van der Waals surface area contributed by atoms with E-state index in [1.165, 1.54) is 11.3 Å². The highest BCUT2D eigenvalue weighted by Gasteiger charge is 2.08. The van der Waals surface area contributed by atoms with Gasteiger partial charge in [-0.2, -0.15) is 0 Å². The number of pyridine rings is 1. The zero-order valence-corrected chi connectivity index (χ0v) is 12.4. The summed E-state index contributed by atoms with van der Waals surface area (Å²) >= 11 is 4.82. The third-order valence-electron chi connectivity index (χ3n) is 2.29. The average Bonchev–Trinajstić information content (AvgIpc) is 2.76. The van der Waals surface area contributed by atoms with E-state index < -0.39 is 0 Å². The highest BCUT2D eigenvalue weighted by molar-refractivity contribution is 9.11. The Labute approximate surface area is 118 Å². The van der Waals surface area contributed by atoms with Gasteiger partial charge in [0, 0.05) is 19.5 Å². The quantitative estimate of drug-likeness (QED) is 0.942. The smallest absolute Gasteiger partial charge is 0.256 e. The van der Waals surface area contributed by atoms with Gasteiger partial charge in [-0.05, 0) is 34.1 Å². The molecule has 1 amide bonds. The summed E-state index contributed by atoms with van der Waals surface area (Å²) in [6.07, 6.45) is 1.65. The molecule has 0 bridgehead atoms. The Morgan fingerprint density at radius 2 is 2.22 bits per heavy atom. The van der Waals surface area contributed by atoms with Crippen molar-refractivity contribution >= 4 is 44.7 Å². The lowest BCUT2D eigenvalue weighted by Crippen LogP contribution is -2.13. The second-order valence-electron chi connectivity index (χ2n) is 3.89. The second-order valence-corrected chi connectivity index (χ2v) is 6.18. The van der Waals surface area contributed by atoms with E-state index in [-0.39, 0.29) is 5.91 Å². The van der Waals surface area contributed by atoms with Crippen LogP contribution in [0.5, 0.6) is 0 Å².